The highest BCUT2D eigenvalue weighted by Crippen LogP contribution is 2.22. The van der Waals surface area contributed by atoms with Crippen LogP contribution in [0.1, 0.15) is 18.9 Å². The summed E-state index contributed by atoms with van der Waals surface area (Å²) in [6.45, 7) is 5.92. The van der Waals surface area contributed by atoms with Crippen molar-refractivity contribution in [2.24, 2.45) is 0 Å². The van der Waals surface area contributed by atoms with Gasteiger partial charge in [0.05, 0.1) is 4.88 Å². The fraction of sp³-hybridized carbons (Fsp3) is 0.348. The Hall–Kier alpha value is -2.97. The topological polar surface area (TPSA) is 70.5 Å². The summed E-state index contributed by atoms with van der Waals surface area (Å²) in [4.78, 5) is 29.4. The van der Waals surface area contributed by atoms with Crippen LogP contribution >= 0.6 is 11.3 Å². The number of nitrogens with zero attached hydrogens (tertiary/aromatic N) is 4. The Kier molecular flexibility index (Phi) is 6.79. The van der Waals surface area contributed by atoms with E-state index in [1.165, 1.54) is 12.5 Å². The molecule has 1 fully saturated rings. The van der Waals surface area contributed by atoms with Crippen molar-refractivity contribution in [2.75, 3.05) is 31.5 Å². The SMILES string of the molecule is CC(=O)Nc1ccc(CN2CCCN(C(=O)Cn3ccc(-c4cccs4)n3)CC2)cc1. The van der Waals surface area contributed by atoms with Crippen LogP contribution < -0.4 is 5.32 Å². The van der Waals surface area contributed by atoms with Crippen molar-refractivity contribution >= 4 is 28.8 Å². The molecule has 0 unspecified atom stereocenters. The van der Waals surface area contributed by atoms with Crippen LogP contribution in [0.5, 0.6) is 0 Å². The zero-order chi connectivity index (χ0) is 21.6. The number of carbonyl (C=O) groups excluding carboxylic acids is 2. The van der Waals surface area contributed by atoms with Gasteiger partial charge >= 0.3 is 0 Å². The quantitative estimate of drug-likeness (QED) is 0.642. The zero-order valence-electron chi connectivity index (χ0n) is 17.7. The number of aromatic nitrogens is 2. The second-order valence-electron chi connectivity index (χ2n) is 7.76. The number of hydrogen-bond donors (Lipinski definition) is 1. The van der Waals surface area contributed by atoms with E-state index in [4.69, 9.17) is 0 Å². The van der Waals surface area contributed by atoms with Crippen molar-refractivity contribution in [3.05, 3.63) is 59.6 Å². The first-order valence-electron chi connectivity index (χ1n) is 10.5. The second-order valence-corrected chi connectivity index (χ2v) is 8.71. The fourth-order valence-electron chi connectivity index (χ4n) is 3.78. The van der Waals surface area contributed by atoms with E-state index in [-0.39, 0.29) is 18.4 Å². The summed E-state index contributed by atoms with van der Waals surface area (Å²) >= 11 is 1.65. The molecule has 1 saturated heterocycles. The number of amides is 2. The van der Waals surface area contributed by atoms with Gasteiger partial charge in [-0.1, -0.05) is 18.2 Å². The molecule has 0 spiro atoms. The third-order valence-electron chi connectivity index (χ3n) is 5.33. The Morgan fingerprint density at radius 3 is 2.65 bits per heavy atom. The first-order chi connectivity index (χ1) is 15.1. The molecule has 162 valence electrons. The van der Waals surface area contributed by atoms with Gasteiger partial charge in [0, 0.05) is 51.5 Å². The molecule has 0 bridgehead atoms. The highest BCUT2D eigenvalue weighted by Gasteiger charge is 2.20. The minimum absolute atomic E-state index is 0.0668. The van der Waals surface area contributed by atoms with Gasteiger partial charge in [-0.3, -0.25) is 19.2 Å². The van der Waals surface area contributed by atoms with Gasteiger partial charge in [-0.05, 0) is 41.6 Å². The summed E-state index contributed by atoms with van der Waals surface area (Å²) in [5, 5.41) is 9.37. The van der Waals surface area contributed by atoms with Gasteiger partial charge in [0.25, 0.3) is 0 Å². The molecule has 4 rings (SSSR count). The monoisotopic (exact) mass is 437 g/mol. The molecule has 1 aliphatic rings. The molecular weight excluding hydrogens is 410 g/mol. The van der Waals surface area contributed by atoms with E-state index >= 15 is 0 Å². The largest absolute Gasteiger partial charge is 0.340 e. The van der Waals surface area contributed by atoms with E-state index in [0.717, 1.165) is 55.4 Å². The van der Waals surface area contributed by atoms with Crippen molar-refractivity contribution in [2.45, 2.75) is 26.4 Å². The molecule has 7 nitrogen and oxygen atoms in total. The summed E-state index contributed by atoms with van der Waals surface area (Å²) in [5.74, 6) is 0.0465. The Morgan fingerprint density at radius 1 is 1.06 bits per heavy atom. The highest BCUT2D eigenvalue weighted by molar-refractivity contribution is 7.13. The zero-order valence-corrected chi connectivity index (χ0v) is 18.5. The van der Waals surface area contributed by atoms with Crippen LogP contribution in [-0.2, 0) is 22.7 Å². The molecule has 2 amide bonds. The lowest BCUT2D eigenvalue weighted by molar-refractivity contribution is -0.131. The lowest BCUT2D eigenvalue weighted by atomic mass is 10.2. The molecule has 1 N–H and O–H groups in total. The van der Waals surface area contributed by atoms with E-state index in [1.54, 1.807) is 16.0 Å². The molecule has 3 heterocycles. The number of carbonyl (C=O) groups is 2. The number of rotatable bonds is 6. The van der Waals surface area contributed by atoms with Gasteiger partial charge in [-0.2, -0.15) is 5.10 Å². The number of thiophene rings is 1. The maximum atomic E-state index is 12.8. The van der Waals surface area contributed by atoms with Gasteiger partial charge in [-0.15, -0.1) is 11.3 Å². The average Bonchev–Trinajstić information content (AvgIpc) is 3.38. The van der Waals surface area contributed by atoms with Gasteiger partial charge < -0.3 is 10.2 Å². The van der Waals surface area contributed by atoms with E-state index < -0.39 is 0 Å². The molecule has 2 aromatic heterocycles. The van der Waals surface area contributed by atoms with Crippen molar-refractivity contribution < 1.29 is 9.59 Å². The Bertz CT molecular complexity index is 1010. The molecule has 0 aliphatic carbocycles. The predicted molar refractivity (Wildman–Crippen MR) is 123 cm³/mol. The van der Waals surface area contributed by atoms with Crippen LogP contribution in [0.4, 0.5) is 5.69 Å². The van der Waals surface area contributed by atoms with Gasteiger partial charge in [0.15, 0.2) is 0 Å². The van der Waals surface area contributed by atoms with E-state index in [9.17, 15) is 9.59 Å². The minimum atomic E-state index is -0.0668. The summed E-state index contributed by atoms with van der Waals surface area (Å²) in [7, 11) is 0. The van der Waals surface area contributed by atoms with Crippen LogP contribution in [0.3, 0.4) is 0 Å². The summed E-state index contributed by atoms with van der Waals surface area (Å²) < 4.78 is 1.73. The molecule has 8 heteroatoms. The molecule has 0 atom stereocenters. The number of anilines is 1. The number of hydrogen-bond acceptors (Lipinski definition) is 5. The fourth-order valence-corrected chi connectivity index (χ4v) is 4.47. The lowest BCUT2D eigenvalue weighted by Crippen LogP contribution is -2.37. The number of benzene rings is 1. The van der Waals surface area contributed by atoms with Gasteiger partial charge in [-0.25, -0.2) is 0 Å². The summed E-state index contributed by atoms with van der Waals surface area (Å²) in [6, 6.07) is 13.9. The normalized spacial score (nSPS) is 14.9. The lowest BCUT2D eigenvalue weighted by Gasteiger charge is -2.22. The van der Waals surface area contributed by atoms with Crippen LogP contribution in [0.2, 0.25) is 0 Å². The maximum absolute atomic E-state index is 12.8. The van der Waals surface area contributed by atoms with E-state index in [2.05, 4.69) is 15.3 Å². The highest BCUT2D eigenvalue weighted by atomic mass is 32.1. The molecule has 31 heavy (non-hydrogen) atoms. The van der Waals surface area contributed by atoms with E-state index in [0.29, 0.717) is 0 Å². The average molecular weight is 438 g/mol. The standard InChI is InChI=1S/C23H27N5O2S/c1-18(29)24-20-7-5-19(6-8-20)16-26-10-3-11-27(14-13-26)23(30)17-28-12-9-21(25-28)22-4-2-15-31-22/h2,4-9,12,15H,3,10-11,13-14,16-17H2,1H3,(H,24,29). The Labute approximate surface area is 186 Å². The van der Waals surface area contributed by atoms with Crippen LogP contribution in [0.15, 0.2) is 54.0 Å². The smallest absolute Gasteiger partial charge is 0.244 e. The molecule has 3 aromatic rings. The van der Waals surface area contributed by atoms with Crippen molar-refractivity contribution in [1.29, 1.82) is 0 Å². The van der Waals surface area contributed by atoms with E-state index in [1.807, 2.05) is 58.9 Å². The maximum Gasteiger partial charge on any atom is 0.244 e. The Morgan fingerprint density at radius 2 is 1.90 bits per heavy atom. The van der Waals surface area contributed by atoms with Crippen molar-refractivity contribution in [1.82, 2.24) is 19.6 Å². The summed E-state index contributed by atoms with van der Waals surface area (Å²) in [5.41, 5.74) is 2.92. The third kappa shape index (κ3) is 5.80. The Balaban J connectivity index is 1.28. The molecule has 1 aliphatic heterocycles. The second kappa shape index (κ2) is 9.89. The van der Waals surface area contributed by atoms with Crippen LogP contribution in [0.25, 0.3) is 10.6 Å². The molecular formula is C23H27N5O2S. The van der Waals surface area contributed by atoms with Crippen molar-refractivity contribution in [3.8, 4) is 10.6 Å². The van der Waals surface area contributed by atoms with Gasteiger partial charge in [0.1, 0.15) is 12.2 Å². The number of nitrogens with one attached hydrogen (secondary N) is 1. The molecule has 0 saturated carbocycles. The van der Waals surface area contributed by atoms with Crippen LogP contribution in [-0.4, -0.2) is 57.6 Å². The third-order valence-corrected chi connectivity index (χ3v) is 6.23. The molecule has 1 aromatic carbocycles. The van der Waals surface area contributed by atoms with Gasteiger partial charge in [0.2, 0.25) is 11.8 Å². The first-order valence-corrected chi connectivity index (χ1v) is 11.4. The van der Waals surface area contributed by atoms with Crippen molar-refractivity contribution in [3.63, 3.8) is 0 Å². The first kappa shape index (κ1) is 21.3. The molecule has 0 radical (unpaired) electrons. The minimum Gasteiger partial charge on any atom is -0.340 e. The predicted octanol–water partition coefficient (Wildman–Crippen LogP) is 3.30. The van der Waals surface area contributed by atoms with Crippen LogP contribution in [0, 0.1) is 0 Å². The summed E-state index contributed by atoms with van der Waals surface area (Å²) in [6.07, 6.45) is 2.83.